The van der Waals surface area contributed by atoms with Gasteiger partial charge >= 0.3 is 0 Å². The van der Waals surface area contributed by atoms with Gasteiger partial charge in [-0.05, 0) is 61.5 Å². The van der Waals surface area contributed by atoms with Crippen molar-refractivity contribution < 1.29 is 0 Å². The van der Waals surface area contributed by atoms with Crippen molar-refractivity contribution in [2.45, 2.75) is 24.8 Å². The number of rotatable bonds is 6. The zero-order chi connectivity index (χ0) is 21.3. The van der Waals surface area contributed by atoms with Crippen molar-refractivity contribution in [2.75, 3.05) is 25.1 Å². The van der Waals surface area contributed by atoms with Crippen LogP contribution >= 0.6 is 0 Å². The number of nitrogen functional groups attached to an aromatic ring is 1. The standard InChI is InChI=1S/C21H27N9/c1-25-21(5-3-6-21)14-4-7-26-19(10-14)29-18-9-13-8-16(17(11-22)30(2)24)28-20(23)15(13)12-27-18/h4,7-12,25H,3,5-6,22,24H2,1-2H3,(H2,23,28)(H,26,27,29)/b17-11-. The fourth-order valence-corrected chi connectivity index (χ4v) is 3.90. The van der Waals surface area contributed by atoms with E-state index < -0.39 is 0 Å². The SMILES string of the molecule is CNC1(c2ccnc(Nc3cc4cc(/C(=C/N)N(C)N)nc(N)c4cn3)c2)CCC1. The highest BCUT2D eigenvalue weighted by Gasteiger charge is 2.37. The maximum Gasteiger partial charge on any atom is 0.133 e. The fraction of sp³-hybridized carbons (Fsp3) is 0.286. The molecule has 156 valence electrons. The first kappa shape index (κ1) is 19.9. The van der Waals surface area contributed by atoms with Crippen molar-refractivity contribution in [1.82, 2.24) is 25.3 Å². The Morgan fingerprint density at radius 3 is 2.60 bits per heavy atom. The molecule has 0 radical (unpaired) electrons. The zero-order valence-electron chi connectivity index (χ0n) is 17.2. The molecule has 0 aliphatic heterocycles. The Labute approximate surface area is 175 Å². The Morgan fingerprint density at radius 1 is 1.20 bits per heavy atom. The summed E-state index contributed by atoms with van der Waals surface area (Å²) < 4.78 is 0. The zero-order valence-corrected chi connectivity index (χ0v) is 17.2. The van der Waals surface area contributed by atoms with Crippen molar-refractivity contribution in [1.29, 1.82) is 0 Å². The lowest BCUT2D eigenvalue weighted by Gasteiger charge is -2.42. The van der Waals surface area contributed by atoms with E-state index in [0.717, 1.165) is 29.4 Å². The van der Waals surface area contributed by atoms with Crippen LogP contribution in [-0.2, 0) is 5.54 Å². The number of nitrogens with one attached hydrogen (secondary N) is 2. The second kappa shape index (κ2) is 7.77. The largest absolute Gasteiger partial charge is 0.403 e. The minimum atomic E-state index is 0.0460. The van der Waals surface area contributed by atoms with Gasteiger partial charge in [-0.25, -0.2) is 20.8 Å². The van der Waals surface area contributed by atoms with E-state index in [1.165, 1.54) is 23.2 Å². The second-order valence-corrected chi connectivity index (χ2v) is 7.59. The molecule has 0 spiro atoms. The van der Waals surface area contributed by atoms with Crippen LogP contribution in [0.15, 0.2) is 42.9 Å². The number of nitrogens with two attached hydrogens (primary N) is 3. The molecule has 1 saturated carbocycles. The number of hydrogen-bond acceptors (Lipinski definition) is 9. The van der Waals surface area contributed by atoms with Gasteiger partial charge in [0.2, 0.25) is 0 Å². The molecule has 3 aromatic heterocycles. The van der Waals surface area contributed by atoms with Crippen LogP contribution in [0.25, 0.3) is 16.5 Å². The van der Waals surface area contributed by atoms with Gasteiger partial charge in [0.25, 0.3) is 0 Å². The van der Waals surface area contributed by atoms with Crippen LogP contribution in [-0.4, -0.2) is 34.1 Å². The molecule has 3 aromatic rings. The van der Waals surface area contributed by atoms with Gasteiger partial charge in [-0.15, -0.1) is 0 Å². The Bertz CT molecular complexity index is 1100. The number of hydrazine groups is 1. The molecule has 9 nitrogen and oxygen atoms in total. The van der Waals surface area contributed by atoms with Gasteiger partial charge < -0.3 is 27.1 Å². The Balaban J connectivity index is 1.67. The lowest BCUT2D eigenvalue weighted by molar-refractivity contribution is 0.201. The Morgan fingerprint density at radius 2 is 1.97 bits per heavy atom. The quantitative estimate of drug-likeness (QED) is 0.307. The van der Waals surface area contributed by atoms with Crippen molar-refractivity contribution in [3.05, 3.63) is 54.1 Å². The lowest BCUT2D eigenvalue weighted by Crippen LogP contribution is -2.46. The molecule has 0 saturated heterocycles. The molecular formula is C21H27N9. The summed E-state index contributed by atoms with van der Waals surface area (Å²) in [5, 5.41) is 9.80. The molecule has 0 bridgehead atoms. The van der Waals surface area contributed by atoms with E-state index in [2.05, 4.69) is 37.7 Å². The van der Waals surface area contributed by atoms with E-state index in [4.69, 9.17) is 17.3 Å². The molecule has 0 aromatic carbocycles. The van der Waals surface area contributed by atoms with Crippen LogP contribution in [0.5, 0.6) is 0 Å². The van der Waals surface area contributed by atoms with Crippen molar-refractivity contribution >= 4 is 33.9 Å². The summed E-state index contributed by atoms with van der Waals surface area (Å²) in [4.78, 5) is 13.3. The minimum Gasteiger partial charge on any atom is -0.403 e. The van der Waals surface area contributed by atoms with Crippen molar-refractivity contribution in [3.8, 4) is 0 Å². The number of hydrogen-bond donors (Lipinski definition) is 5. The Hall–Kier alpha value is -3.43. The van der Waals surface area contributed by atoms with E-state index >= 15 is 0 Å². The number of pyridine rings is 3. The molecule has 9 heteroatoms. The number of fused-ring (bicyclic) bond motifs is 1. The van der Waals surface area contributed by atoms with Gasteiger partial charge in [-0.3, -0.25) is 0 Å². The third kappa shape index (κ3) is 3.49. The smallest absolute Gasteiger partial charge is 0.133 e. The molecule has 3 heterocycles. The predicted molar refractivity (Wildman–Crippen MR) is 120 cm³/mol. The van der Waals surface area contributed by atoms with Crippen LogP contribution in [0.3, 0.4) is 0 Å². The fourth-order valence-electron chi connectivity index (χ4n) is 3.90. The summed E-state index contributed by atoms with van der Waals surface area (Å²) in [6.45, 7) is 0. The Kier molecular flexibility index (Phi) is 5.15. The highest BCUT2D eigenvalue weighted by molar-refractivity contribution is 5.93. The van der Waals surface area contributed by atoms with Crippen molar-refractivity contribution in [2.24, 2.45) is 11.6 Å². The van der Waals surface area contributed by atoms with Gasteiger partial charge in [0.05, 0.1) is 11.4 Å². The van der Waals surface area contributed by atoms with E-state index in [1.54, 1.807) is 13.2 Å². The molecule has 0 unspecified atom stereocenters. The summed E-state index contributed by atoms with van der Waals surface area (Å²) in [6.07, 6.45) is 8.42. The lowest BCUT2D eigenvalue weighted by atomic mass is 9.72. The number of nitrogens with zero attached hydrogens (tertiary/aromatic N) is 4. The minimum absolute atomic E-state index is 0.0460. The molecule has 1 aliphatic rings. The van der Waals surface area contributed by atoms with Gasteiger partial charge in [0.1, 0.15) is 17.5 Å². The average Bonchev–Trinajstić information content (AvgIpc) is 2.68. The van der Waals surface area contributed by atoms with Crippen LogP contribution in [0.2, 0.25) is 0 Å². The van der Waals surface area contributed by atoms with Crippen LogP contribution < -0.4 is 27.9 Å². The highest BCUT2D eigenvalue weighted by atomic mass is 15.4. The average molecular weight is 406 g/mol. The first-order valence-corrected chi connectivity index (χ1v) is 9.85. The van der Waals surface area contributed by atoms with Crippen LogP contribution in [0, 0.1) is 0 Å². The van der Waals surface area contributed by atoms with Gasteiger partial charge in [0, 0.05) is 36.6 Å². The summed E-state index contributed by atoms with van der Waals surface area (Å²) in [6, 6.07) is 7.94. The topological polar surface area (TPSA) is 144 Å². The van der Waals surface area contributed by atoms with Crippen LogP contribution in [0.4, 0.5) is 17.5 Å². The summed E-state index contributed by atoms with van der Waals surface area (Å²) in [5.74, 6) is 7.62. The van der Waals surface area contributed by atoms with Crippen LogP contribution in [0.1, 0.15) is 30.5 Å². The highest BCUT2D eigenvalue weighted by Crippen LogP contribution is 2.41. The molecule has 0 amide bonds. The first-order valence-electron chi connectivity index (χ1n) is 9.85. The summed E-state index contributed by atoms with van der Waals surface area (Å²) in [7, 11) is 3.70. The molecule has 1 fully saturated rings. The van der Waals surface area contributed by atoms with E-state index in [1.807, 2.05) is 25.4 Å². The van der Waals surface area contributed by atoms with Crippen molar-refractivity contribution in [3.63, 3.8) is 0 Å². The van der Waals surface area contributed by atoms with Gasteiger partial charge in [0.15, 0.2) is 0 Å². The van der Waals surface area contributed by atoms with Gasteiger partial charge in [-0.2, -0.15) is 0 Å². The predicted octanol–water partition coefficient (Wildman–Crippen LogP) is 2.01. The normalized spacial score (nSPS) is 15.6. The first-order chi connectivity index (χ1) is 14.5. The molecule has 4 rings (SSSR count). The summed E-state index contributed by atoms with van der Waals surface area (Å²) >= 11 is 0. The molecule has 1 aliphatic carbocycles. The number of aromatic nitrogens is 3. The monoisotopic (exact) mass is 405 g/mol. The third-order valence-electron chi connectivity index (χ3n) is 5.80. The maximum absolute atomic E-state index is 6.14. The summed E-state index contributed by atoms with van der Waals surface area (Å²) in [5.41, 5.74) is 14.3. The second-order valence-electron chi connectivity index (χ2n) is 7.59. The van der Waals surface area contributed by atoms with E-state index in [9.17, 15) is 0 Å². The molecule has 30 heavy (non-hydrogen) atoms. The number of anilines is 3. The maximum atomic E-state index is 6.14. The van der Waals surface area contributed by atoms with E-state index in [-0.39, 0.29) is 5.54 Å². The third-order valence-corrected chi connectivity index (χ3v) is 5.80. The van der Waals surface area contributed by atoms with E-state index in [0.29, 0.717) is 23.0 Å². The molecule has 8 N–H and O–H groups in total. The van der Waals surface area contributed by atoms with Gasteiger partial charge in [-0.1, -0.05) is 0 Å². The molecule has 0 atom stereocenters. The molecular weight excluding hydrogens is 378 g/mol.